The van der Waals surface area contributed by atoms with E-state index >= 15 is 0 Å². The van der Waals surface area contributed by atoms with Crippen LogP contribution in [0.5, 0.6) is 0 Å². The molecule has 0 atom stereocenters. The minimum Gasteiger partial charge on any atom is -0.324 e. The molecule has 0 radical (unpaired) electrons. The van der Waals surface area contributed by atoms with Crippen molar-refractivity contribution in [1.82, 2.24) is 19.7 Å². The predicted octanol–water partition coefficient (Wildman–Crippen LogP) is 3.77. The number of imidazole rings is 1. The molecular formula is C20H15F2N5O. The number of carbonyl (C=O) groups excluding carboxylic acids is 1. The average Bonchev–Trinajstić information content (AvgIpc) is 3.37. The number of para-hydroxylation sites is 2. The maximum Gasteiger partial charge on any atom is 0.278 e. The SMILES string of the molecule is O=C(Nc1nc2ccccc2[nH]1)c1nn(-c2ccc(F)c(F)c2)c2c1CCC2. The van der Waals surface area contributed by atoms with Gasteiger partial charge in [-0.3, -0.25) is 10.1 Å². The first kappa shape index (κ1) is 16.6. The van der Waals surface area contributed by atoms with Gasteiger partial charge < -0.3 is 4.98 Å². The summed E-state index contributed by atoms with van der Waals surface area (Å²) in [6.07, 6.45) is 2.31. The number of hydrogen-bond donors (Lipinski definition) is 2. The molecule has 0 unspecified atom stereocenters. The summed E-state index contributed by atoms with van der Waals surface area (Å²) < 4.78 is 28.5. The number of aromatic amines is 1. The number of nitrogens with one attached hydrogen (secondary N) is 2. The van der Waals surface area contributed by atoms with Crippen molar-refractivity contribution < 1.29 is 13.6 Å². The van der Waals surface area contributed by atoms with Gasteiger partial charge in [0.1, 0.15) is 0 Å². The fraction of sp³-hybridized carbons (Fsp3) is 0.150. The summed E-state index contributed by atoms with van der Waals surface area (Å²) in [4.78, 5) is 20.2. The Kier molecular flexibility index (Phi) is 3.71. The Hall–Kier alpha value is -3.55. The number of benzene rings is 2. The van der Waals surface area contributed by atoms with Gasteiger partial charge in [0.2, 0.25) is 5.95 Å². The van der Waals surface area contributed by atoms with Crippen molar-refractivity contribution in [3.8, 4) is 5.69 Å². The second kappa shape index (κ2) is 6.26. The summed E-state index contributed by atoms with van der Waals surface area (Å²) in [6.45, 7) is 0. The van der Waals surface area contributed by atoms with E-state index in [1.165, 1.54) is 10.7 Å². The minimum atomic E-state index is -0.951. The second-order valence-corrected chi connectivity index (χ2v) is 6.69. The molecule has 0 aliphatic heterocycles. The Morgan fingerprint density at radius 2 is 1.96 bits per heavy atom. The van der Waals surface area contributed by atoms with Gasteiger partial charge in [-0.05, 0) is 43.5 Å². The lowest BCUT2D eigenvalue weighted by Gasteiger charge is -2.06. The summed E-state index contributed by atoms with van der Waals surface area (Å²) in [5.41, 5.74) is 3.90. The highest BCUT2D eigenvalue weighted by Crippen LogP contribution is 2.29. The fourth-order valence-electron chi connectivity index (χ4n) is 3.63. The van der Waals surface area contributed by atoms with Gasteiger partial charge in [-0.15, -0.1) is 0 Å². The van der Waals surface area contributed by atoms with E-state index in [9.17, 15) is 13.6 Å². The summed E-state index contributed by atoms with van der Waals surface area (Å²) in [6, 6.07) is 11.0. The number of fused-ring (bicyclic) bond motifs is 2. The molecule has 4 aromatic rings. The third kappa shape index (κ3) is 2.65. The van der Waals surface area contributed by atoms with Crippen LogP contribution in [0.2, 0.25) is 0 Å². The number of hydrogen-bond acceptors (Lipinski definition) is 3. The third-order valence-electron chi connectivity index (χ3n) is 4.91. The van der Waals surface area contributed by atoms with Crippen LogP contribution in [0, 0.1) is 11.6 Å². The van der Waals surface area contributed by atoms with Crippen molar-refractivity contribution in [3.63, 3.8) is 0 Å². The van der Waals surface area contributed by atoms with Crippen LogP contribution < -0.4 is 5.32 Å². The van der Waals surface area contributed by atoms with E-state index in [1.807, 2.05) is 24.3 Å². The lowest BCUT2D eigenvalue weighted by atomic mass is 10.2. The molecule has 1 aliphatic carbocycles. The Morgan fingerprint density at radius 1 is 1.11 bits per heavy atom. The Labute approximate surface area is 158 Å². The molecule has 0 saturated carbocycles. The average molecular weight is 379 g/mol. The zero-order valence-corrected chi connectivity index (χ0v) is 14.7. The lowest BCUT2D eigenvalue weighted by molar-refractivity contribution is 0.102. The van der Waals surface area contributed by atoms with Gasteiger partial charge in [-0.1, -0.05) is 12.1 Å². The van der Waals surface area contributed by atoms with E-state index in [2.05, 4.69) is 20.4 Å². The van der Waals surface area contributed by atoms with Crippen molar-refractivity contribution in [3.05, 3.63) is 71.1 Å². The van der Waals surface area contributed by atoms with Crippen molar-refractivity contribution >= 4 is 22.9 Å². The van der Waals surface area contributed by atoms with E-state index in [0.717, 1.165) is 47.3 Å². The van der Waals surface area contributed by atoms with Crippen molar-refractivity contribution in [2.75, 3.05) is 5.32 Å². The number of H-pyrrole nitrogens is 1. The number of carbonyl (C=O) groups is 1. The number of aromatic nitrogens is 4. The molecule has 0 bridgehead atoms. The van der Waals surface area contributed by atoms with Crippen molar-refractivity contribution in [1.29, 1.82) is 0 Å². The van der Waals surface area contributed by atoms with Gasteiger partial charge in [0, 0.05) is 17.3 Å². The Morgan fingerprint density at radius 3 is 2.79 bits per heavy atom. The monoisotopic (exact) mass is 379 g/mol. The van der Waals surface area contributed by atoms with Crippen LogP contribution in [-0.2, 0) is 12.8 Å². The lowest BCUT2D eigenvalue weighted by Crippen LogP contribution is -2.15. The van der Waals surface area contributed by atoms with E-state index in [-0.39, 0.29) is 5.69 Å². The Bertz CT molecular complexity index is 1190. The quantitative estimate of drug-likeness (QED) is 0.569. The van der Waals surface area contributed by atoms with Crippen LogP contribution >= 0.6 is 0 Å². The van der Waals surface area contributed by atoms with Crippen LogP contribution in [0.1, 0.15) is 28.2 Å². The van der Waals surface area contributed by atoms with Crippen LogP contribution in [0.25, 0.3) is 16.7 Å². The fourth-order valence-corrected chi connectivity index (χ4v) is 3.63. The molecule has 5 rings (SSSR count). The second-order valence-electron chi connectivity index (χ2n) is 6.69. The van der Waals surface area contributed by atoms with E-state index in [0.29, 0.717) is 18.1 Å². The van der Waals surface area contributed by atoms with Gasteiger partial charge in [-0.2, -0.15) is 5.10 Å². The molecule has 0 spiro atoms. The number of amides is 1. The minimum absolute atomic E-state index is 0.276. The van der Waals surface area contributed by atoms with Crippen molar-refractivity contribution in [2.45, 2.75) is 19.3 Å². The van der Waals surface area contributed by atoms with Crippen LogP contribution in [0.15, 0.2) is 42.5 Å². The van der Waals surface area contributed by atoms with Gasteiger partial charge in [0.05, 0.1) is 16.7 Å². The van der Waals surface area contributed by atoms with Crippen molar-refractivity contribution in [2.24, 2.45) is 0 Å². The molecule has 2 heterocycles. The van der Waals surface area contributed by atoms with E-state index in [4.69, 9.17) is 0 Å². The van der Waals surface area contributed by atoms with Gasteiger partial charge >= 0.3 is 0 Å². The van der Waals surface area contributed by atoms with Gasteiger partial charge in [0.15, 0.2) is 17.3 Å². The van der Waals surface area contributed by atoms with E-state index < -0.39 is 17.5 Å². The van der Waals surface area contributed by atoms with E-state index in [1.54, 1.807) is 0 Å². The topological polar surface area (TPSA) is 75.6 Å². The predicted molar refractivity (Wildman–Crippen MR) is 99.6 cm³/mol. The zero-order valence-electron chi connectivity index (χ0n) is 14.7. The number of nitrogens with zero attached hydrogens (tertiary/aromatic N) is 3. The molecule has 1 amide bonds. The molecule has 140 valence electrons. The smallest absolute Gasteiger partial charge is 0.278 e. The maximum atomic E-state index is 13.7. The highest BCUT2D eigenvalue weighted by atomic mass is 19.2. The third-order valence-corrected chi connectivity index (χ3v) is 4.91. The highest BCUT2D eigenvalue weighted by Gasteiger charge is 2.27. The maximum absolute atomic E-state index is 13.7. The number of anilines is 1. The summed E-state index contributed by atoms with van der Waals surface area (Å²) in [5.74, 6) is -1.93. The molecule has 0 fully saturated rings. The standard InChI is InChI=1S/C20H15F2N5O/c21-13-9-8-11(10-14(13)22)27-17-7-3-4-12(17)18(26-27)19(28)25-20-23-15-5-1-2-6-16(15)24-20/h1-2,5-6,8-10H,3-4,7H2,(H2,23,24,25,28). The molecule has 28 heavy (non-hydrogen) atoms. The number of rotatable bonds is 3. The molecule has 6 nitrogen and oxygen atoms in total. The number of halogens is 2. The molecule has 2 aromatic carbocycles. The Balaban J connectivity index is 1.51. The summed E-state index contributed by atoms with van der Waals surface area (Å²) in [7, 11) is 0. The normalized spacial score (nSPS) is 13.1. The first-order chi connectivity index (χ1) is 13.6. The molecule has 2 aromatic heterocycles. The molecule has 2 N–H and O–H groups in total. The molecule has 8 heteroatoms. The molecule has 0 saturated heterocycles. The molecular weight excluding hydrogens is 364 g/mol. The van der Waals surface area contributed by atoms with Gasteiger partial charge in [0.25, 0.3) is 5.91 Å². The van der Waals surface area contributed by atoms with Crippen LogP contribution in [-0.4, -0.2) is 25.7 Å². The first-order valence-electron chi connectivity index (χ1n) is 8.92. The largest absolute Gasteiger partial charge is 0.324 e. The first-order valence-corrected chi connectivity index (χ1v) is 8.92. The van der Waals surface area contributed by atoms with Gasteiger partial charge in [-0.25, -0.2) is 18.4 Å². The summed E-state index contributed by atoms with van der Waals surface area (Å²) in [5, 5.41) is 7.14. The zero-order chi connectivity index (χ0) is 19.3. The van der Waals surface area contributed by atoms with Crippen LogP contribution in [0.4, 0.5) is 14.7 Å². The highest BCUT2D eigenvalue weighted by molar-refractivity contribution is 6.04. The molecule has 1 aliphatic rings. The summed E-state index contributed by atoms with van der Waals surface area (Å²) >= 11 is 0. The van der Waals surface area contributed by atoms with Crippen LogP contribution in [0.3, 0.4) is 0 Å².